The van der Waals surface area contributed by atoms with E-state index in [2.05, 4.69) is 10.3 Å². The lowest BCUT2D eigenvalue weighted by atomic mass is 9.95. The number of aromatic nitrogens is 1. The number of benzene rings is 1. The summed E-state index contributed by atoms with van der Waals surface area (Å²) in [5.41, 5.74) is -0.393. The Labute approximate surface area is 161 Å². The number of anilines is 2. The summed E-state index contributed by atoms with van der Waals surface area (Å²) in [6.07, 6.45) is 2.84. The summed E-state index contributed by atoms with van der Waals surface area (Å²) in [7, 11) is 0. The molecule has 1 N–H and O–H groups in total. The van der Waals surface area contributed by atoms with Crippen molar-refractivity contribution in [3.8, 4) is 0 Å². The summed E-state index contributed by atoms with van der Waals surface area (Å²) in [6, 6.07) is 6.99. The van der Waals surface area contributed by atoms with E-state index in [9.17, 15) is 14.4 Å². The predicted octanol–water partition coefficient (Wildman–Crippen LogP) is 2.78. The molecule has 0 saturated carbocycles. The highest BCUT2D eigenvalue weighted by Gasteiger charge is 2.60. The van der Waals surface area contributed by atoms with Crippen LogP contribution in [0.2, 0.25) is 0 Å². The molecule has 0 radical (unpaired) electrons. The lowest BCUT2D eigenvalue weighted by Gasteiger charge is -2.49. The van der Waals surface area contributed by atoms with Gasteiger partial charge in [-0.15, -0.1) is 11.3 Å². The molecule has 4 rings (SSSR count). The number of amides is 3. The molecule has 3 amide bonds. The van der Waals surface area contributed by atoms with Crippen LogP contribution < -0.4 is 10.2 Å². The Bertz CT molecular complexity index is 941. The maximum Gasteiger partial charge on any atom is 0.273 e. The van der Waals surface area contributed by atoms with Gasteiger partial charge in [0.05, 0.1) is 11.3 Å². The smallest absolute Gasteiger partial charge is 0.273 e. The highest BCUT2D eigenvalue weighted by Crippen LogP contribution is 2.45. The molecule has 0 spiro atoms. The largest absolute Gasteiger partial charge is 0.307 e. The van der Waals surface area contributed by atoms with Crippen molar-refractivity contribution in [2.45, 2.75) is 38.8 Å². The molecule has 1 fully saturated rings. The topological polar surface area (TPSA) is 82.6 Å². The van der Waals surface area contributed by atoms with Crippen LogP contribution in [-0.4, -0.2) is 39.8 Å². The summed E-state index contributed by atoms with van der Waals surface area (Å²) in [5, 5.41) is 3.30. The van der Waals surface area contributed by atoms with Crippen LogP contribution in [-0.2, 0) is 9.59 Å². The zero-order valence-corrected chi connectivity index (χ0v) is 16.0. The monoisotopic (exact) mass is 384 g/mol. The third-order valence-corrected chi connectivity index (χ3v) is 5.85. The summed E-state index contributed by atoms with van der Waals surface area (Å²) in [6.45, 7) is 4.24. The molecular weight excluding hydrogens is 364 g/mol. The van der Waals surface area contributed by atoms with Crippen molar-refractivity contribution < 1.29 is 14.4 Å². The highest BCUT2D eigenvalue weighted by atomic mass is 32.1. The molecule has 140 valence electrons. The average molecular weight is 384 g/mol. The fraction of sp³-hybridized carbons (Fsp3) is 0.368. The third kappa shape index (κ3) is 2.55. The Morgan fingerprint density at radius 2 is 2.11 bits per heavy atom. The summed E-state index contributed by atoms with van der Waals surface area (Å²) < 4.78 is 0. The standard InChI is InChI=1S/C19H20N4O3S/c1-3-10-22-16(25)13-6-4-5-7-14(13)23-15(24)8-9-19(22,23)17(26)21-18-20-11-12(2)27-18/h4-7,11H,3,8-10H2,1-2H3,(H,20,21,26)/t19-/m0/s1. The van der Waals surface area contributed by atoms with Crippen molar-refractivity contribution in [2.75, 3.05) is 16.8 Å². The van der Waals surface area contributed by atoms with Gasteiger partial charge >= 0.3 is 0 Å². The van der Waals surface area contributed by atoms with Gasteiger partial charge in [-0.1, -0.05) is 19.1 Å². The van der Waals surface area contributed by atoms with Crippen LogP contribution >= 0.6 is 11.3 Å². The van der Waals surface area contributed by atoms with Crippen molar-refractivity contribution in [2.24, 2.45) is 0 Å². The molecule has 7 nitrogen and oxygen atoms in total. The second-order valence-corrected chi connectivity index (χ2v) is 7.98. The first-order chi connectivity index (χ1) is 13.0. The van der Waals surface area contributed by atoms with Gasteiger partial charge in [0.2, 0.25) is 11.6 Å². The summed E-state index contributed by atoms with van der Waals surface area (Å²) in [5.74, 6) is -0.760. The van der Waals surface area contributed by atoms with Crippen LogP contribution in [0.3, 0.4) is 0 Å². The number of hydrogen-bond acceptors (Lipinski definition) is 5. The van der Waals surface area contributed by atoms with E-state index in [1.807, 2.05) is 13.8 Å². The number of carbonyl (C=O) groups is 3. The number of carbonyl (C=O) groups excluding carboxylic acids is 3. The normalized spacial score (nSPS) is 21.3. The molecular formula is C19H20N4O3S. The number of nitrogens with zero attached hydrogens (tertiary/aromatic N) is 3. The zero-order valence-electron chi connectivity index (χ0n) is 15.2. The zero-order chi connectivity index (χ0) is 19.2. The minimum absolute atomic E-state index is 0.151. The van der Waals surface area contributed by atoms with E-state index in [-0.39, 0.29) is 30.6 Å². The second-order valence-electron chi connectivity index (χ2n) is 6.75. The number of rotatable bonds is 4. The van der Waals surface area contributed by atoms with Gasteiger partial charge in [0, 0.05) is 30.5 Å². The van der Waals surface area contributed by atoms with Crippen molar-refractivity contribution >= 4 is 39.9 Å². The number of nitrogens with one attached hydrogen (secondary N) is 1. The van der Waals surface area contributed by atoms with Crippen LogP contribution in [0, 0.1) is 6.92 Å². The van der Waals surface area contributed by atoms with E-state index in [1.165, 1.54) is 16.2 Å². The molecule has 0 aliphatic carbocycles. The molecule has 1 aromatic heterocycles. The average Bonchev–Trinajstić information content (AvgIpc) is 3.22. The molecule has 8 heteroatoms. The van der Waals surface area contributed by atoms with Crippen LogP contribution in [0.15, 0.2) is 30.5 Å². The highest BCUT2D eigenvalue weighted by molar-refractivity contribution is 7.15. The van der Waals surface area contributed by atoms with Crippen LogP contribution in [0.25, 0.3) is 0 Å². The SMILES string of the molecule is CCCN1C(=O)c2ccccc2N2C(=O)CC[C@]12C(=O)Nc1ncc(C)s1. The Hall–Kier alpha value is -2.74. The number of para-hydroxylation sites is 1. The molecule has 0 bridgehead atoms. The molecule has 0 unspecified atom stereocenters. The minimum atomic E-state index is -1.35. The predicted molar refractivity (Wildman–Crippen MR) is 103 cm³/mol. The van der Waals surface area contributed by atoms with Gasteiger partial charge in [-0.2, -0.15) is 0 Å². The van der Waals surface area contributed by atoms with E-state index in [0.717, 1.165) is 4.88 Å². The molecule has 2 aliphatic heterocycles. The maximum atomic E-state index is 13.4. The first kappa shape index (κ1) is 17.7. The first-order valence-corrected chi connectivity index (χ1v) is 9.78. The molecule has 1 aromatic carbocycles. The van der Waals surface area contributed by atoms with Crippen LogP contribution in [0.1, 0.15) is 41.4 Å². The van der Waals surface area contributed by atoms with E-state index in [1.54, 1.807) is 35.4 Å². The second kappa shape index (κ2) is 6.45. The lowest BCUT2D eigenvalue weighted by molar-refractivity contribution is -0.128. The Morgan fingerprint density at radius 1 is 1.33 bits per heavy atom. The minimum Gasteiger partial charge on any atom is -0.307 e. The van der Waals surface area contributed by atoms with E-state index < -0.39 is 5.66 Å². The Kier molecular flexibility index (Phi) is 4.22. The van der Waals surface area contributed by atoms with Crippen molar-refractivity contribution in [3.63, 3.8) is 0 Å². The molecule has 27 heavy (non-hydrogen) atoms. The molecule has 3 heterocycles. The Balaban J connectivity index is 1.85. The maximum absolute atomic E-state index is 13.4. The number of fused-ring (bicyclic) bond motifs is 3. The fourth-order valence-corrected chi connectivity index (χ4v) is 4.58. The molecule has 1 atom stereocenters. The van der Waals surface area contributed by atoms with Crippen molar-refractivity contribution in [1.29, 1.82) is 0 Å². The van der Waals surface area contributed by atoms with E-state index in [0.29, 0.717) is 29.3 Å². The number of thiazole rings is 1. The summed E-state index contributed by atoms with van der Waals surface area (Å²) >= 11 is 1.36. The van der Waals surface area contributed by atoms with Crippen LogP contribution in [0.4, 0.5) is 10.8 Å². The quantitative estimate of drug-likeness (QED) is 0.879. The van der Waals surface area contributed by atoms with Crippen molar-refractivity contribution in [1.82, 2.24) is 9.88 Å². The fourth-order valence-electron chi connectivity index (χ4n) is 3.92. The van der Waals surface area contributed by atoms with E-state index in [4.69, 9.17) is 0 Å². The van der Waals surface area contributed by atoms with Gasteiger partial charge in [-0.25, -0.2) is 4.98 Å². The third-order valence-electron chi connectivity index (χ3n) is 5.03. The van der Waals surface area contributed by atoms with Gasteiger partial charge < -0.3 is 4.90 Å². The van der Waals surface area contributed by atoms with E-state index >= 15 is 0 Å². The van der Waals surface area contributed by atoms with Gasteiger partial charge in [0.1, 0.15) is 0 Å². The van der Waals surface area contributed by atoms with Crippen molar-refractivity contribution in [3.05, 3.63) is 40.9 Å². The first-order valence-electron chi connectivity index (χ1n) is 8.97. The van der Waals surface area contributed by atoms with Crippen LogP contribution in [0.5, 0.6) is 0 Å². The van der Waals surface area contributed by atoms with Gasteiger partial charge in [-0.3, -0.25) is 24.6 Å². The number of aryl methyl sites for hydroxylation is 1. The molecule has 1 saturated heterocycles. The van der Waals surface area contributed by atoms with Gasteiger partial charge in [0.15, 0.2) is 5.13 Å². The molecule has 2 aliphatic rings. The summed E-state index contributed by atoms with van der Waals surface area (Å²) in [4.78, 5) is 47.7. The van der Waals surface area contributed by atoms with Gasteiger partial charge in [0.25, 0.3) is 11.8 Å². The van der Waals surface area contributed by atoms with Gasteiger partial charge in [-0.05, 0) is 25.5 Å². The Morgan fingerprint density at radius 3 is 2.81 bits per heavy atom. The molecule has 2 aromatic rings. The number of hydrogen-bond donors (Lipinski definition) is 1. The lowest BCUT2D eigenvalue weighted by Crippen LogP contribution is -2.69.